The molecule has 0 aliphatic rings. The molecule has 23 heavy (non-hydrogen) atoms. The molecule has 0 spiro atoms. The van der Waals surface area contributed by atoms with E-state index in [4.69, 9.17) is 5.73 Å². The number of hydrogen-bond donors (Lipinski definition) is 1. The van der Waals surface area contributed by atoms with Gasteiger partial charge in [-0.15, -0.1) is 24.0 Å². The second kappa shape index (κ2) is 12.6. The summed E-state index contributed by atoms with van der Waals surface area (Å²) < 4.78 is 0. The van der Waals surface area contributed by atoms with Crippen molar-refractivity contribution in [2.45, 2.75) is 40.2 Å². The predicted octanol–water partition coefficient (Wildman–Crippen LogP) is 3.21. The molecule has 5 heteroatoms. The van der Waals surface area contributed by atoms with E-state index in [0.29, 0.717) is 12.0 Å². The van der Waals surface area contributed by atoms with Gasteiger partial charge in [0.15, 0.2) is 5.96 Å². The molecule has 1 unspecified atom stereocenters. The highest BCUT2D eigenvalue weighted by Gasteiger charge is 2.16. The lowest BCUT2D eigenvalue weighted by molar-refractivity contribution is 0.220. The van der Waals surface area contributed by atoms with Crippen LogP contribution in [0.3, 0.4) is 0 Å². The number of aliphatic imine (C=N–C) groups is 1. The molecule has 4 nitrogen and oxygen atoms in total. The van der Waals surface area contributed by atoms with Gasteiger partial charge < -0.3 is 10.6 Å². The van der Waals surface area contributed by atoms with E-state index in [0.717, 1.165) is 39.1 Å². The minimum atomic E-state index is 0. The normalized spacial score (nSPS) is 12.8. The fourth-order valence-corrected chi connectivity index (χ4v) is 2.78. The highest BCUT2D eigenvalue weighted by Crippen LogP contribution is 2.10. The Morgan fingerprint density at radius 3 is 2.04 bits per heavy atom. The molecule has 0 radical (unpaired) electrons. The van der Waals surface area contributed by atoms with Crippen LogP contribution in [-0.2, 0) is 6.42 Å². The first-order valence-corrected chi connectivity index (χ1v) is 8.48. The molecule has 0 heterocycles. The number of rotatable bonds is 9. The Morgan fingerprint density at radius 2 is 1.57 bits per heavy atom. The summed E-state index contributed by atoms with van der Waals surface area (Å²) in [6.45, 7) is 13.3. The van der Waals surface area contributed by atoms with Crippen LogP contribution in [0.2, 0.25) is 0 Å². The summed E-state index contributed by atoms with van der Waals surface area (Å²) in [7, 11) is 0. The molecular weight excluding hydrogens is 399 g/mol. The van der Waals surface area contributed by atoms with Crippen LogP contribution in [0.25, 0.3) is 0 Å². The Morgan fingerprint density at radius 1 is 1.00 bits per heavy atom. The van der Waals surface area contributed by atoms with Crippen LogP contribution < -0.4 is 5.73 Å². The second-order valence-electron chi connectivity index (χ2n) is 5.44. The van der Waals surface area contributed by atoms with E-state index in [1.54, 1.807) is 0 Å². The number of guanidine groups is 1. The van der Waals surface area contributed by atoms with Crippen molar-refractivity contribution >= 4 is 29.9 Å². The Bertz CT molecular complexity index is 428. The Kier molecular flexibility index (Phi) is 12.1. The maximum atomic E-state index is 6.12. The minimum Gasteiger partial charge on any atom is -0.370 e. The first kappa shape index (κ1) is 22.2. The van der Waals surface area contributed by atoms with Crippen molar-refractivity contribution in [3.63, 3.8) is 0 Å². The molecule has 0 aromatic heterocycles. The fourth-order valence-electron chi connectivity index (χ4n) is 2.78. The van der Waals surface area contributed by atoms with Crippen molar-refractivity contribution in [1.29, 1.82) is 0 Å². The van der Waals surface area contributed by atoms with Crippen LogP contribution in [0.15, 0.2) is 35.3 Å². The summed E-state index contributed by atoms with van der Waals surface area (Å²) in [5, 5.41) is 0. The zero-order chi connectivity index (χ0) is 16.4. The minimum absolute atomic E-state index is 0. The topological polar surface area (TPSA) is 44.9 Å². The van der Waals surface area contributed by atoms with Crippen molar-refractivity contribution in [1.82, 2.24) is 9.80 Å². The fraction of sp³-hybridized carbons (Fsp3) is 0.611. The predicted molar refractivity (Wildman–Crippen MR) is 112 cm³/mol. The molecule has 0 saturated heterocycles. The molecule has 2 N–H and O–H groups in total. The number of halogens is 1. The van der Waals surface area contributed by atoms with Crippen LogP contribution >= 0.6 is 24.0 Å². The first-order valence-electron chi connectivity index (χ1n) is 8.48. The molecular formula is C18H33IN4. The third-order valence-electron chi connectivity index (χ3n) is 4.19. The number of nitrogens with zero attached hydrogens (tertiary/aromatic N) is 3. The Labute approximate surface area is 159 Å². The van der Waals surface area contributed by atoms with Gasteiger partial charge in [0.05, 0.1) is 6.54 Å². The van der Waals surface area contributed by atoms with E-state index in [1.807, 2.05) is 0 Å². The van der Waals surface area contributed by atoms with E-state index in [1.165, 1.54) is 5.56 Å². The van der Waals surface area contributed by atoms with Gasteiger partial charge >= 0.3 is 0 Å². The average molecular weight is 432 g/mol. The molecule has 0 bridgehead atoms. The Balaban J connectivity index is 0.00000484. The molecule has 0 amide bonds. The van der Waals surface area contributed by atoms with Gasteiger partial charge in [-0.3, -0.25) is 9.89 Å². The number of nitrogens with two attached hydrogens (primary N) is 1. The summed E-state index contributed by atoms with van der Waals surface area (Å²) in [5.74, 6) is 0.662. The molecule has 132 valence electrons. The summed E-state index contributed by atoms with van der Waals surface area (Å²) >= 11 is 0. The summed E-state index contributed by atoms with van der Waals surface area (Å²) in [6.07, 6.45) is 1.01. The van der Waals surface area contributed by atoms with E-state index in [2.05, 4.69) is 72.8 Å². The lowest BCUT2D eigenvalue weighted by atomic mass is 10.0. The van der Waals surface area contributed by atoms with Gasteiger partial charge in [0.25, 0.3) is 0 Å². The van der Waals surface area contributed by atoms with Crippen molar-refractivity contribution in [2.24, 2.45) is 10.7 Å². The highest BCUT2D eigenvalue weighted by atomic mass is 127. The second-order valence-corrected chi connectivity index (χ2v) is 5.44. The van der Waals surface area contributed by atoms with E-state index in [-0.39, 0.29) is 24.0 Å². The number of likely N-dealkylation sites (N-methyl/N-ethyl adjacent to an activating group) is 1. The standard InChI is InChI=1S/C18H32N4.HI/c1-5-21(6-2)17(14-16-12-10-9-11-13-16)15-20-18(19)22(7-3)8-4;/h9-13,17H,5-8,14-15H2,1-4H3,(H2,19,20);1H. The zero-order valence-corrected chi connectivity index (χ0v) is 17.4. The average Bonchev–Trinajstić information content (AvgIpc) is 2.55. The van der Waals surface area contributed by atoms with Crippen molar-refractivity contribution in [3.05, 3.63) is 35.9 Å². The maximum Gasteiger partial charge on any atom is 0.191 e. The lowest BCUT2D eigenvalue weighted by Crippen LogP contribution is -2.41. The van der Waals surface area contributed by atoms with Crippen LogP contribution in [0.4, 0.5) is 0 Å². The van der Waals surface area contributed by atoms with Crippen molar-refractivity contribution in [2.75, 3.05) is 32.7 Å². The van der Waals surface area contributed by atoms with Gasteiger partial charge in [-0.2, -0.15) is 0 Å². The Hall–Kier alpha value is -0.820. The first-order chi connectivity index (χ1) is 10.7. The molecule has 1 atom stereocenters. The molecule has 1 aromatic carbocycles. The van der Waals surface area contributed by atoms with Gasteiger partial charge in [0, 0.05) is 19.1 Å². The van der Waals surface area contributed by atoms with Crippen LogP contribution in [0.1, 0.15) is 33.3 Å². The smallest absolute Gasteiger partial charge is 0.191 e. The highest BCUT2D eigenvalue weighted by molar-refractivity contribution is 14.0. The summed E-state index contributed by atoms with van der Waals surface area (Å²) in [6, 6.07) is 11.0. The largest absolute Gasteiger partial charge is 0.370 e. The van der Waals surface area contributed by atoms with Gasteiger partial charge in [-0.05, 0) is 38.9 Å². The molecule has 0 aliphatic carbocycles. The third-order valence-corrected chi connectivity index (χ3v) is 4.19. The molecule has 0 aliphatic heterocycles. The third kappa shape index (κ3) is 7.52. The van der Waals surface area contributed by atoms with E-state index < -0.39 is 0 Å². The van der Waals surface area contributed by atoms with Crippen LogP contribution in [-0.4, -0.2) is 54.5 Å². The van der Waals surface area contributed by atoms with Crippen LogP contribution in [0.5, 0.6) is 0 Å². The van der Waals surface area contributed by atoms with Crippen LogP contribution in [0, 0.1) is 0 Å². The monoisotopic (exact) mass is 432 g/mol. The lowest BCUT2D eigenvalue weighted by Gasteiger charge is -2.29. The summed E-state index contributed by atoms with van der Waals surface area (Å²) in [5.41, 5.74) is 7.48. The van der Waals surface area contributed by atoms with Gasteiger partial charge in [0.1, 0.15) is 0 Å². The maximum absolute atomic E-state index is 6.12. The molecule has 1 rings (SSSR count). The van der Waals surface area contributed by atoms with Crippen molar-refractivity contribution in [3.8, 4) is 0 Å². The summed E-state index contributed by atoms with van der Waals surface area (Å²) in [4.78, 5) is 9.22. The van der Waals surface area contributed by atoms with E-state index >= 15 is 0 Å². The molecule has 1 aromatic rings. The van der Waals surface area contributed by atoms with Gasteiger partial charge in [-0.1, -0.05) is 44.2 Å². The SMILES string of the molecule is CCN(CC)C(N)=NCC(Cc1ccccc1)N(CC)CC.I. The number of benzene rings is 1. The quantitative estimate of drug-likeness (QED) is 0.370. The molecule has 0 saturated carbocycles. The van der Waals surface area contributed by atoms with Crippen molar-refractivity contribution < 1.29 is 0 Å². The molecule has 0 fully saturated rings. The van der Waals surface area contributed by atoms with Gasteiger partial charge in [0.2, 0.25) is 0 Å². The number of hydrogen-bond acceptors (Lipinski definition) is 2. The zero-order valence-electron chi connectivity index (χ0n) is 15.0. The van der Waals surface area contributed by atoms with Gasteiger partial charge in [-0.25, -0.2) is 0 Å². The van der Waals surface area contributed by atoms with E-state index in [9.17, 15) is 0 Å².